The number of nitrogens with zero attached hydrogens (tertiary/aromatic N) is 1. The Morgan fingerprint density at radius 2 is 1.88 bits per heavy atom. The molecule has 1 heterocycles. The van der Waals surface area contributed by atoms with E-state index in [9.17, 15) is 19.2 Å². The highest BCUT2D eigenvalue weighted by molar-refractivity contribution is 8.18. The standard InChI is InChI=1S/C23H21ClN2O6S/c1-3-10-32-22(29)17-12-15(6-9-18(17)24)25-20(27)13-26-21(28)19(33-23(26)30)11-14-4-7-16(31-2)8-5-14/h4-9,11-12H,3,10,13H2,1-2H3,(H,25,27)/b19-11+. The third kappa shape index (κ3) is 6.15. The lowest BCUT2D eigenvalue weighted by Crippen LogP contribution is -2.36. The van der Waals surface area contributed by atoms with Gasteiger partial charge in [0.15, 0.2) is 0 Å². The molecule has 0 aliphatic carbocycles. The summed E-state index contributed by atoms with van der Waals surface area (Å²) in [5.41, 5.74) is 1.11. The number of hydrogen-bond donors (Lipinski definition) is 1. The van der Waals surface area contributed by atoms with Gasteiger partial charge in [0.05, 0.1) is 29.2 Å². The van der Waals surface area contributed by atoms with E-state index in [2.05, 4.69) is 5.32 Å². The van der Waals surface area contributed by atoms with Crippen molar-refractivity contribution >= 4 is 58.1 Å². The lowest BCUT2D eigenvalue weighted by molar-refractivity contribution is -0.127. The van der Waals surface area contributed by atoms with Gasteiger partial charge in [-0.25, -0.2) is 4.79 Å². The highest BCUT2D eigenvalue weighted by atomic mass is 35.5. The van der Waals surface area contributed by atoms with E-state index in [0.29, 0.717) is 12.2 Å². The van der Waals surface area contributed by atoms with Gasteiger partial charge in [0.2, 0.25) is 5.91 Å². The fraction of sp³-hybridized carbons (Fsp3) is 0.217. The third-order valence-electron chi connectivity index (χ3n) is 4.50. The molecule has 0 atom stereocenters. The van der Waals surface area contributed by atoms with E-state index in [1.807, 2.05) is 6.92 Å². The third-order valence-corrected chi connectivity index (χ3v) is 5.73. The summed E-state index contributed by atoms with van der Waals surface area (Å²) in [6, 6.07) is 11.3. The van der Waals surface area contributed by atoms with Crippen LogP contribution in [-0.2, 0) is 14.3 Å². The summed E-state index contributed by atoms with van der Waals surface area (Å²) in [5, 5.41) is 2.21. The minimum Gasteiger partial charge on any atom is -0.497 e. The second-order valence-electron chi connectivity index (χ2n) is 6.92. The molecule has 0 bridgehead atoms. The van der Waals surface area contributed by atoms with Crippen LogP contribution in [0.5, 0.6) is 5.75 Å². The van der Waals surface area contributed by atoms with E-state index < -0.39 is 29.6 Å². The molecule has 1 saturated heterocycles. The highest BCUT2D eigenvalue weighted by Gasteiger charge is 2.36. The molecule has 0 spiro atoms. The maximum atomic E-state index is 12.7. The van der Waals surface area contributed by atoms with Gasteiger partial charge in [0.25, 0.3) is 11.1 Å². The molecule has 2 aromatic carbocycles. The summed E-state index contributed by atoms with van der Waals surface area (Å²) in [6.07, 6.45) is 2.24. The number of carbonyl (C=O) groups excluding carboxylic acids is 4. The van der Waals surface area contributed by atoms with E-state index in [0.717, 1.165) is 22.2 Å². The maximum absolute atomic E-state index is 12.7. The number of imide groups is 1. The molecule has 1 N–H and O–H groups in total. The normalized spacial score (nSPS) is 14.5. The second kappa shape index (κ2) is 11.0. The molecule has 1 aliphatic rings. The van der Waals surface area contributed by atoms with E-state index in [-0.39, 0.29) is 27.8 Å². The van der Waals surface area contributed by atoms with Gasteiger partial charge >= 0.3 is 5.97 Å². The molecule has 0 radical (unpaired) electrons. The lowest BCUT2D eigenvalue weighted by atomic mass is 10.2. The van der Waals surface area contributed by atoms with Crippen LogP contribution in [-0.4, -0.2) is 48.2 Å². The molecule has 0 saturated carbocycles. The molecule has 0 unspecified atom stereocenters. The van der Waals surface area contributed by atoms with E-state index in [1.165, 1.54) is 18.2 Å². The second-order valence-corrected chi connectivity index (χ2v) is 8.32. The number of thioether (sulfide) groups is 1. The van der Waals surface area contributed by atoms with Gasteiger partial charge in [-0.1, -0.05) is 30.7 Å². The largest absolute Gasteiger partial charge is 0.497 e. The first kappa shape index (κ1) is 24.3. The smallest absolute Gasteiger partial charge is 0.339 e. The van der Waals surface area contributed by atoms with Crippen LogP contribution in [0.3, 0.4) is 0 Å². The Labute approximate surface area is 199 Å². The van der Waals surface area contributed by atoms with Gasteiger partial charge in [-0.2, -0.15) is 0 Å². The van der Waals surface area contributed by atoms with E-state index in [1.54, 1.807) is 37.5 Å². The number of hydrogen-bond acceptors (Lipinski definition) is 7. The van der Waals surface area contributed by atoms with Gasteiger partial charge in [-0.3, -0.25) is 19.3 Å². The maximum Gasteiger partial charge on any atom is 0.339 e. The number of esters is 1. The summed E-state index contributed by atoms with van der Waals surface area (Å²) < 4.78 is 10.2. The number of benzene rings is 2. The number of anilines is 1. The average molecular weight is 489 g/mol. The number of rotatable bonds is 8. The predicted molar refractivity (Wildman–Crippen MR) is 126 cm³/mol. The molecule has 3 amide bonds. The summed E-state index contributed by atoms with van der Waals surface area (Å²) in [5.74, 6) is -1.09. The number of amides is 3. The molecular weight excluding hydrogens is 468 g/mol. The van der Waals surface area contributed by atoms with Crippen LogP contribution in [0.25, 0.3) is 6.08 Å². The van der Waals surface area contributed by atoms with Gasteiger partial charge < -0.3 is 14.8 Å². The van der Waals surface area contributed by atoms with Crippen LogP contribution in [0.1, 0.15) is 29.3 Å². The fourth-order valence-corrected chi connectivity index (χ4v) is 3.90. The van der Waals surface area contributed by atoms with Crippen LogP contribution in [0.2, 0.25) is 5.02 Å². The van der Waals surface area contributed by atoms with Crippen molar-refractivity contribution in [2.24, 2.45) is 0 Å². The van der Waals surface area contributed by atoms with Gasteiger partial charge in [0, 0.05) is 5.69 Å². The predicted octanol–water partition coefficient (Wildman–Crippen LogP) is 4.59. The molecule has 1 aliphatic heterocycles. The highest BCUT2D eigenvalue weighted by Crippen LogP contribution is 2.32. The van der Waals surface area contributed by atoms with Crippen molar-refractivity contribution in [1.29, 1.82) is 0 Å². The first-order chi connectivity index (χ1) is 15.8. The van der Waals surface area contributed by atoms with Crippen molar-refractivity contribution in [1.82, 2.24) is 4.90 Å². The SMILES string of the molecule is CCCOC(=O)c1cc(NC(=O)CN2C(=O)S/C(=C/c3ccc(OC)cc3)C2=O)ccc1Cl. The Balaban J connectivity index is 1.66. The van der Waals surface area contributed by atoms with Crippen LogP contribution >= 0.6 is 23.4 Å². The molecule has 1 fully saturated rings. The zero-order valence-electron chi connectivity index (χ0n) is 17.9. The van der Waals surface area contributed by atoms with Crippen LogP contribution < -0.4 is 10.1 Å². The topological polar surface area (TPSA) is 102 Å². The molecule has 172 valence electrons. The van der Waals surface area contributed by atoms with Gasteiger partial charge in [-0.05, 0) is 60.2 Å². The summed E-state index contributed by atoms with van der Waals surface area (Å²) in [6.45, 7) is 1.64. The van der Waals surface area contributed by atoms with Gasteiger partial charge in [-0.15, -0.1) is 0 Å². The Kier molecular flexibility index (Phi) is 8.13. The van der Waals surface area contributed by atoms with Crippen molar-refractivity contribution in [3.05, 3.63) is 63.5 Å². The first-order valence-corrected chi connectivity index (χ1v) is 11.2. The van der Waals surface area contributed by atoms with Crippen molar-refractivity contribution < 1.29 is 28.7 Å². The fourth-order valence-electron chi connectivity index (χ4n) is 2.86. The summed E-state index contributed by atoms with van der Waals surface area (Å²) >= 11 is 6.81. The Hall–Kier alpha value is -3.30. The van der Waals surface area contributed by atoms with Crippen molar-refractivity contribution in [3.8, 4) is 5.75 Å². The molecule has 0 aromatic heterocycles. The van der Waals surface area contributed by atoms with E-state index >= 15 is 0 Å². The number of halogens is 1. The quantitative estimate of drug-likeness (QED) is 0.428. The minimum atomic E-state index is -0.604. The van der Waals surface area contributed by atoms with E-state index in [4.69, 9.17) is 21.1 Å². The molecule has 3 rings (SSSR count). The first-order valence-electron chi connectivity index (χ1n) is 9.98. The van der Waals surface area contributed by atoms with Crippen LogP contribution in [0.15, 0.2) is 47.4 Å². The van der Waals surface area contributed by atoms with Crippen molar-refractivity contribution in [2.45, 2.75) is 13.3 Å². The van der Waals surface area contributed by atoms with Crippen LogP contribution in [0, 0.1) is 0 Å². The lowest BCUT2D eigenvalue weighted by Gasteiger charge is -2.13. The number of ether oxygens (including phenoxy) is 2. The molecule has 10 heteroatoms. The van der Waals surface area contributed by atoms with Gasteiger partial charge in [0.1, 0.15) is 12.3 Å². The number of nitrogens with one attached hydrogen (secondary N) is 1. The number of carbonyl (C=O) groups is 4. The summed E-state index contributed by atoms with van der Waals surface area (Å²) in [7, 11) is 1.55. The zero-order chi connectivity index (χ0) is 24.0. The minimum absolute atomic E-state index is 0.108. The molecule has 8 nitrogen and oxygen atoms in total. The average Bonchev–Trinajstić information content (AvgIpc) is 3.06. The zero-order valence-corrected chi connectivity index (χ0v) is 19.5. The Bertz CT molecular complexity index is 1120. The van der Waals surface area contributed by atoms with Crippen LogP contribution in [0.4, 0.5) is 10.5 Å². The Morgan fingerprint density at radius 3 is 2.55 bits per heavy atom. The monoisotopic (exact) mass is 488 g/mol. The summed E-state index contributed by atoms with van der Waals surface area (Å²) in [4.78, 5) is 50.6. The van der Waals surface area contributed by atoms with Crippen molar-refractivity contribution in [3.63, 3.8) is 0 Å². The number of methoxy groups -OCH3 is 1. The molecular formula is C23H21ClN2O6S. The van der Waals surface area contributed by atoms with Crippen molar-refractivity contribution in [2.75, 3.05) is 25.6 Å². The molecule has 2 aromatic rings. The molecule has 33 heavy (non-hydrogen) atoms. The Morgan fingerprint density at radius 1 is 1.15 bits per heavy atom.